The smallest absolute Gasteiger partial charge is 0.191 e. The Morgan fingerprint density at radius 1 is 1.03 bits per heavy atom. The Labute approximate surface area is 216 Å². The highest BCUT2D eigenvalue weighted by Crippen LogP contribution is 2.14. The molecule has 0 atom stereocenters. The van der Waals surface area contributed by atoms with Crippen LogP contribution >= 0.6 is 24.0 Å². The molecule has 2 N–H and O–H groups in total. The van der Waals surface area contributed by atoms with Crippen LogP contribution in [0.1, 0.15) is 25.8 Å². The molecule has 2 aromatic rings. The summed E-state index contributed by atoms with van der Waals surface area (Å²) >= 11 is 0. The van der Waals surface area contributed by atoms with Crippen molar-refractivity contribution < 1.29 is 0 Å². The maximum Gasteiger partial charge on any atom is 0.191 e. The number of nitrogens with zero attached hydrogens (tertiary/aromatic N) is 5. The predicted molar refractivity (Wildman–Crippen MR) is 151 cm³/mol. The van der Waals surface area contributed by atoms with Crippen molar-refractivity contribution in [3.8, 4) is 0 Å². The number of aromatic nitrogens is 1. The first-order chi connectivity index (χ1) is 15.7. The van der Waals surface area contributed by atoms with E-state index in [4.69, 9.17) is 4.98 Å². The van der Waals surface area contributed by atoms with Gasteiger partial charge in [-0.05, 0) is 43.7 Å². The number of pyridine rings is 1. The van der Waals surface area contributed by atoms with Crippen LogP contribution in [0.15, 0.2) is 53.7 Å². The van der Waals surface area contributed by atoms with Gasteiger partial charge in [-0.15, -0.1) is 24.0 Å². The van der Waals surface area contributed by atoms with Gasteiger partial charge in [-0.3, -0.25) is 4.99 Å². The quantitative estimate of drug-likeness (QED) is 0.199. The van der Waals surface area contributed by atoms with Crippen LogP contribution in [0.2, 0.25) is 0 Å². The van der Waals surface area contributed by atoms with Gasteiger partial charge in [0.1, 0.15) is 5.82 Å². The second-order valence-electron chi connectivity index (χ2n) is 8.07. The number of guanidine groups is 1. The Kier molecular flexibility index (Phi) is 12.3. The van der Waals surface area contributed by atoms with Crippen molar-refractivity contribution in [3.63, 3.8) is 0 Å². The van der Waals surface area contributed by atoms with E-state index in [9.17, 15) is 0 Å². The third-order valence-electron chi connectivity index (χ3n) is 6.04. The van der Waals surface area contributed by atoms with Crippen molar-refractivity contribution in [1.29, 1.82) is 0 Å². The number of aliphatic imine (C=N–C) groups is 1. The van der Waals surface area contributed by atoms with Gasteiger partial charge in [0.2, 0.25) is 0 Å². The molecular formula is C25H40IN7. The summed E-state index contributed by atoms with van der Waals surface area (Å²) in [6.45, 7) is 13.5. The van der Waals surface area contributed by atoms with Gasteiger partial charge in [0.25, 0.3) is 0 Å². The lowest BCUT2D eigenvalue weighted by molar-refractivity contribution is 0.270. The van der Waals surface area contributed by atoms with Gasteiger partial charge in [0, 0.05) is 71.3 Å². The Hall–Kier alpha value is -2.07. The molecule has 0 bridgehead atoms. The molecule has 1 fully saturated rings. The first kappa shape index (κ1) is 27.2. The molecule has 0 radical (unpaired) electrons. The van der Waals surface area contributed by atoms with Crippen molar-refractivity contribution in [1.82, 2.24) is 20.5 Å². The van der Waals surface area contributed by atoms with E-state index in [2.05, 4.69) is 86.6 Å². The topological polar surface area (TPSA) is 59.0 Å². The van der Waals surface area contributed by atoms with Gasteiger partial charge < -0.3 is 25.3 Å². The maximum atomic E-state index is 4.69. The van der Waals surface area contributed by atoms with E-state index in [0.717, 1.165) is 76.1 Å². The highest BCUT2D eigenvalue weighted by molar-refractivity contribution is 14.0. The second kappa shape index (κ2) is 15.0. The number of piperazine rings is 1. The molecule has 0 saturated carbocycles. The van der Waals surface area contributed by atoms with E-state index < -0.39 is 0 Å². The summed E-state index contributed by atoms with van der Waals surface area (Å²) in [5.74, 6) is 1.90. The van der Waals surface area contributed by atoms with E-state index in [1.54, 1.807) is 0 Å². The van der Waals surface area contributed by atoms with Crippen molar-refractivity contribution in [2.24, 2.45) is 4.99 Å². The lowest BCUT2D eigenvalue weighted by Crippen LogP contribution is -2.46. The van der Waals surface area contributed by atoms with Crippen LogP contribution in [0.5, 0.6) is 0 Å². The minimum Gasteiger partial charge on any atom is -0.372 e. The fraction of sp³-hybridized carbons (Fsp3) is 0.520. The Morgan fingerprint density at radius 3 is 2.39 bits per heavy atom. The van der Waals surface area contributed by atoms with Crippen molar-refractivity contribution in [2.45, 2.75) is 26.8 Å². The summed E-state index contributed by atoms with van der Waals surface area (Å²) in [4.78, 5) is 16.3. The molecular weight excluding hydrogens is 525 g/mol. The SMILES string of the molecule is CCN1CCN(c2ccc(CNC(=NC)NCCCN(CC)c3ccccc3)cn2)CC1.I. The summed E-state index contributed by atoms with van der Waals surface area (Å²) < 4.78 is 0. The normalized spacial score (nSPS) is 14.5. The van der Waals surface area contributed by atoms with Gasteiger partial charge in [-0.2, -0.15) is 0 Å². The number of halogens is 1. The van der Waals surface area contributed by atoms with Crippen LogP contribution in [-0.2, 0) is 6.54 Å². The largest absolute Gasteiger partial charge is 0.372 e. The molecule has 33 heavy (non-hydrogen) atoms. The number of benzene rings is 1. The molecule has 1 saturated heterocycles. The molecule has 0 unspecified atom stereocenters. The molecule has 7 nitrogen and oxygen atoms in total. The number of hydrogen-bond acceptors (Lipinski definition) is 5. The Bertz CT molecular complexity index is 805. The van der Waals surface area contributed by atoms with E-state index in [1.165, 1.54) is 5.69 Å². The van der Waals surface area contributed by atoms with Crippen LogP contribution in [0.3, 0.4) is 0 Å². The van der Waals surface area contributed by atoms with Crippen LogP contribution in [0, 0.1) is 0 Å². The van der Waals surface area contributed by atoms with Gasteiger partial charge in [0.15, 0.2) is 5.96 Å². The number of likely N-dealkylation sites (N-methyl/N-ethyl adjacent to an activating group) is 1. The van der Waals surface area contributed by atoms with Gasteiger partial charge in [-0.25, -0.2) is 4.98 Å². The Morgan fingerprint density at radius 2 is 1.79 bits per heavy atom. The van der Waals surface area contributed by atoms with Crippen LogP contribution in [-0.4, -0.2) is 75.2 Å². The highest BCUT2D eigenvalue weighted by Gasteiger charge is 2.16. The molecule has 1 aromatic carbocycles. The first-order valence-electron chi connectivity index (χ1n) is 11.9. The van der Waals surface area contributed by atoms with Gasteiger partial charge in [0.05, 0.1) is 0 Å². The lowest BCUT2D eigenvalue weighted by Gasteiger charge is -2.34. The maximum absolute atomic E-state index is 4.69. The molecule has 8 heteroatoms. The lowest BCUT2D eigenvalue weighted by atomic mass is 10.2. The number of nitrogens with one attached hydrogen (secondary N) is 2. The van der Waals surface area contributed by atoms with Crippen LogP contribution in [0.25, 0.3) is 0 Å². The molecule has 1 aromatic heterocycles. The molecule has 3 rings (SSSR count). The Balaban J connectivity index is 0.00000385. The third-order valence-corrected chi connectivity index (χ3v) is 6.04. The summed E-state index contributed by atoms with van der Waals surface area (Å²) in [5, 5.41) is 6.82. The van der Waals surface area contributed by atoms with Gasteiger partial charge in [-0.1, -0.05) is 31.2 Å². The minimum absolute atomic E-state index is 0. The van der Waals surface area contributed by atoms with Crippen LogP contribution < -0.4 is 20.4 Å². The zero-order valence-electron chi connectivity index (χ0n) is 20.3. The molecule has 182 valence electrons. The molecule has 1 aliphatic heterocycles. The van der Waals surface area contributed by atoms with E-state index in [-0.39, 0.29) is 24.0 Å². The molecule has 0 aliphatic carbocycles. The number of anilines is 2. The second-order valence-corrected chi connectivity index (χ2v) is 8.07. The molecule has 0 spiro atoms. The fourth-order valence-corrected chi connectivity index (χ4v) is 3.99. The number of hydrogen-bond donors (Lipinski definition) is 2. The average Bonchev–Trinajstić information content (AvgIpc) is 2.87. The molecule has 0 amide bonds. The zero-order valence-corrected chi connectivity index (χ0v) is 22.7. The van der Waals surface area contributed by atoms with Crippen LogP contribution in [0.4, 0.5) is 11.5 Å². The average molecular weight is 566 g/mol. The summed E-state index contributed by atoms with van der Waals surface area (Å²) in [7, 11) is 1.81. The zero-order chi connectivity index (χ0) is 22.6. The summed E-state index contributed by atoms with van der Waals surface area (Å²) in [6.07, 6.45) is 3.02. The summed E-state index contributed by atoms with van der Waals surface area (Å²) in [6, 6.07) is 14.9. The molecule has 2 heterocycles. The number of rotatable bonds is 10. The van der Waals surface area contributed by atoms with Crippen molar-refractivity contribution >= 4 is 41.4 Å². The monoisotopic (exact) mass is 565 g/mol. The van der Waals surface area contributed by atoms with E-state index >= 15 is 0 Å². The van der Waals surface area contributed by atoms with Crippen molar-refractivity contribution in [2.75, 3.05) is 69.2 Å². The summed E-state index contributed by atoms with van der Waals surface area (Å²) in [5.41, 5.74) is 2.44. The minimum atomic E-state index is 0. The van der Waals surface area contributed by atoms with Crippen molar-refractivity contribution in [3.05, 3.63) is 54.2 Å². The number of para-hydroxylation sites is 1. The van der Waals surface area contributed by atoms with E-state index in [0.29, 0.717) is 6.54 Å². The first-order valence-corrected chi connectivity index (χ1v) is 11.9. The highest BCUT2D eigenvalue weighted by atomic mass is 127. The third kappa shape index (κ3) is 8.66. The van der Waals surface area contributed by atoms with E-state index in [1.807, 2.05) is 13.2 Å². The predicted octanol–water partition coefficient (Wildman–Crippen LogP) is 3.42. The van der Waals surface area contributed by atoms with Gasteiger partial charge >= 0.3 is 0 Å². The molecule has 1 aliphatic rings. The standard InChI is InChI=1S/C25H39N7.HI/c1-4-30-16-18-32(19-17-30)24-13-12-22(20-28-24)21-29-25(26-3)27-14-9-15-31(5-2)23-10-7-6-8-11-23;/h6-8,10-13,20H,4-5,9,14-19,21H2,1-3H3,(H2,26,27,29);1H. The fourth-order valence-electron chi connectivity index (χ4n) is 3.99.